The Bertz CT molecular complexity index is 969. The average molecular weight is 415 g/mol. The molecule has 1 amide bonds. The highest BCUT2D eigenvalue weighted by Gasteiger charge is 2.20. The highest BCUT2D eigenvalue weighted by atomic mass is 16.2. The molecule has 1 aliphatic carbocycles. The minimum Gasteiger partial charge on any atom is -0.345 e. The fourth-order valence-corrected chi connectivity index (χ4v) is 4.73. The number of carbonyl (C=O) groups is 1. The van der Waals surface area contributed by atoms with Gasteiger partial charge < -0.3 is 9.47 Å². The molecule has 1 aromatic heterocycles. The third-order valence-corrected chi connectivity index (χ3v) is 6.69. The Balaban J connectivity index is 1.48. The van der Waals surface area contributed by atoms with E-state index in [0.29, 0.717) is 19.5 Å². The van der Waals surface area contributed by atoms with E-state index in [1.807, 2.05) is 11.0 Å². The molecule has 0 unspecified atom stereocenters. The SMILES string of the molecule is Cc1ccccc1Cn1cccc1CN(Cc1ccccc1)C(=O)CCC1CCCC1. The Morgan fingerprint density at radius 3 is 2.45 bits per heavy atom. The normalized spacial score (nSPS) is 14.1. The lowest BCUT2D eigenvalue weighted by Gasteiger charge is -2.25. The van der Waals surface area contributed by atoms with Crippen LogP contribution in [0.1, 0.15) is 60.9 Å². The van der Waals surface area contributed by atoms with Crippen LogP contribution < -0.4 is 0 Å². The Hall–Kier alpha value is -2.81. The first-order chi connectivity index (χ1) is 15.2. The van der Waals surface area contributed by atoms with Gasteiger partial charge in [-0.25, -0.2) is 0 Å². The van der Waals surface area contributed by atoms with E-state index in [4.69, 9.17) is 0 Å². The predicted molar refractivity (Wildman–Crippen MR) is 127 cm³/mol. The van der Waals surface area contributed by atoms with Gasteiger partial charge in [-0.1, -0.05) is 80.3 Å². The van der Waals surface area contributed by atoms with E-state index in [2.05, 4.69) is 78.4 Å². The van der Waals surface area contributed by atoms with E-state index in [9.17, 15) is 4.79 Å². The second-order valence-electron chi connectivity index (χ2n) is 8.98. The van der Waals surface area contributed by atoms with Crippen LogP contribution in [0, 0.1) is 12.8 Å². The summed E-state index contributed by atoms with van der Waals surface area (Å²) in [4.78, 5) is 15.3. The zero-order valence-corrected chi connectivity index (χ0v) is 18.7. The molecule has 0 N–H and O–H groups in total. The number of benzene rings is 2. The molecule has 3 nitrogen and oxygen atoms in total. The first-order valence-electron chi connectivity index (χ1n) is 11.7. The fraction of sp³-hybridized carbons (Fsp3) is 0.393. The molecule has 0 spiro atoms. The van der Waals surface area contributed by atoms with Crippen molar-refractivity contribution < 1.29 is 4.79 Å². The van der Waals surface area contributed by atoms with E-state index in [-0.39, 0.29) is 5.91 Å². The van der Waals surface area contributed by atoms with Crippen LogP contribution in [0.5, 0.6) is 0 Å². The molecule has 0 aliphatic heterocycles. The van der Waals surface area contributed by atoms with Crippen molar-refractivity contribution in [1.82, 2.24) is 9.47 Å². The van der Waals surface area contributed by atoms with Crippen LogP contribution in [0.25, 0.3) is 0 Å². The summed E-state index contributed by atoms with van der Waals surface area (Å²) in [6, 6.07) is 23.1. The minimum absolute atomic E-state index is 0.277. The third kappa shape index (κ3) is 5.88. The van der Waals surface area contributed by atoms with Crippen LogP contribution in [-0.4, -0.2) is 15.4 Å². The van der Waals surface area contributed by atoms with Crippen LogP contribution in [0.4, 0.5) is 0 Å². The highest BCUT2D eigenvalue weighted by Crippen LogP contribution is 2.29. The van der Waals surface area contributed by atoms with Gasteiger partial charge in [-0.3, -0.25) is 4.79 Å². The molecule has 162 valence electrons. The highest BCUT2D eigenvalue weighted by molar-refractivity contribution is 5.76. The quantitative estimate of drug-likeness (QED) is 0.401. The topological polar surface area (TPSA) is 25.2 Å². The first-order valence-corrected chi connectivity index (χ1v) is 11.7. The van der Waals surface area contributed by atoms with Gasteiger partial charge in [0.05, 0.1) is 6.54 Å². The number of rotatable bonds is 9. The van der Waals surface area contributed by atoms with Crippen LogP contribution in [-0.2, 0) is 24.4 Å². The summed E-state index contributed by atoms with van der Waals surface area (Å²) in [5.74, 6) is 1.02. The molecule has 1 saturated carbocycles. The largest absolute Gasteiger partial charge is 0.345 e. The van der Waals surface area contributed by atoms with Crippen LogP contribution in [0.2, 0.25) is 0 Å². The van der Waals surface area contributed by atoms with Crippen molar-refractivity contribution in [2.75, 3.05) is 0 Å². The second-order valence-corrected chi connectivity index (χ2v) is 8.98. The lowest BCUT2D eigenvalue weighted by molar-refractivity contribution is -0.132. The molecule has 0 atom stereocenters. The number of carbonyl (C=O) groups excluding carboxylic acids is 1. The van der Waals surface area contributed by atoms with E-state index >= 15 is 0 Å². The van der Waals surface area contributed by atoms with Gasteiger partial charge in [0.1, 0.15) is 0 Å². The monoisotopic (exact) mass is 414 g/mol. The smallest absolute Gasteiger partial charge is 0.223 e. The van der Waals surface area contributed by atoms with Crippen molar-refractivity contribution in [3.05, 3.63) is 95.3 Å². The Morgan fingerprint density at radius 2 is 1.68 bits per heavy atom. The van der Waals surface area contributed by atoms with E-state index in [1.165, 1.54) is 48.1 Å². The zero-order valence-electron chi connectivity index (χ0n) is 18.7. The lowest BCUT2D eigenvalue weighted by Crippen LogP contribution is -2.31. The molecule has 2 aromatic carbocycles. The number of hydrogen-bond acceptors (Lipinski definition) is 1. The van der Waals surface area contributed by atoms with Crippen molar-refractivity contribution in [2.45, 2.75) is 65.1 Å². The van der Waals surface area contributed by atoms with Crippen LogP contribution >= 0.6 is 0 Å². The fourth-order valence-electron chi connectivity index (χ4n) is 4.73. The molecular weight excluding hydrogens is 380 g/mol. The number of aryl methyl sites for hydroxylation is 1. The first kappa shape index (κ1) is 21.4. The molecular formula is C28H34N2O. The van der Waals surface area contributed by atoms with Crippen molar-refractivity contribution in [3.8, 4) is 0 Å². The summed E-state index contributed by atoms with van der Waals surface area (Å²) in [6.07, 6.45) is 9.09. The van der Waals surface area contributed by atoms with Crippen LogP contribution in [0.3, 0.4) is 0 Å². The zero-order chi connectivity index (χ0) is 21.5. The third-order valence-electron chi connectivity index (χ3n) is 6.69. The molecule has 1 fully saturated rings. The van der Waals surface area contributed by atoms with Gasteiger partial charge in [-0.2, -0.15) is 0 Å². The van der Waals surface area contributed by atoms with Gasteiger partial charge in [0, 0.05) is 31.4 Å². The molecule has 1 heterocycles. The molecule has 0 saturated heterocycles. The summed E-state index contributed by atoms with van der Waals surface area (Å²) in [6.45, 7) is 4.31. The summed E-state index contributed by atoms with van der Waals surface area (Å²) < 4.78 is 2.28. The maximum absolute atomic E-state index is 13.3. The lowest BCUT2D eigenvalue weighted by atomic mass is 10.0. The van der Waals surface area contributed by atoms with Crippen molar-refractivity contribution in [1.29, 1.82) is 0 Å². The van der Waals surface area contributed by atoms with Crippen molar-refractivity contribution in [2.24, 2.45) is 5.92 Å². The van der Waals surface area contributed by atoms with E-state index in [0.717, 1.165) is 18.9 Å². The standard InChI is InChI=1S/C28H34N2O/c1-23-10-5-8-15-26(23)21-29-19-9-16-27(29)22-30(20-25-13-3-2-4-14-25)28(31)18-17-24-11-6-7-12-24/h2-5,8-10,13-16,19,24H,6-7,11-12,17-18,20-22H2,1H3. The summed E-state index contributed by atoms with van der Waals surface area (Å²) >= 11 is 0. The van der Waals surface area contributed by atoms with E-state index < -0.39 is 0 Å². The maximum Gasteiger partial charge on any atom is 0.223 e. The van der Waals surface area contributed by atoms with Gasteiger partial charge in [0.2, 0.25) is 5.91 Å². The van der Waals surface area contributed by atoms with Crippen molar-refractivity contribution >= 4 is 5.91 Å². The van der Waals surface area contributed by atoms with Gasteiger partial charge in [-0.15, -0.1) is 0 Å². The summed E-state index contributed by atoms with van der Waals surface area (Å²) in [5.41, 5.74) is 5.00. The average Bonchev–Trinajstić information content (AvgIpc) is 3.46. The Kier molecular flexibility index (Phi) is 7.24. The Morgan fingerprint density at radius 1 is 0.935 bits per heavy atom. The molecule has 3 heteroatoms. The predicted octanol–water partition coefficient (Wildman–Crippen LogP) is 6.34. The minimum atomic E-state index is 0.277. The van der Waals surface area contributed by atoms with Gasteiger partial charge in [0.25, 0.3) is 0 Å². The molecule has 31 heavy (non-hydrogen) atoms. The molecule has 3 aromatic rings. The van der Waals surface area contributed by atoms with Crippen LogP contribution in [0.15, 0.2) is 72.9 Å². The number of hydrogen-bond donors (Lipinski definition) is 0. The number of aromatic nitrogens is 1. The summed E-state index contributed by atoms with van der Waals surface area (Å²) in [5, 5.41) is 0. The number of nitrogens with zero attached hydrogens (tertiary/aromatic N) is 2. The Labute approximate surface area is 186 Å². The summed E-state index contributed by atoms with van der Waals surface area (Å²) in [7, 11) is 0. The molecule has 4 rings (SSSR count). The molecule has 1 aliphatic rings. The van der Waals surface area contributed by atoms with E-state index in [1.54, 1.807) is 0 Å². The molecule has 0 bridgehead atoms. The van der Waals surface area contributed by atoms with Gasteiger partial charge in [0.15, 0.2) is 0 Å². The second kappa shape index (κ2) is 10.5. The van der Waals surface area contributed by atoms with Gasteiger partial charge >= 0.3 is 0 Å². The maximum atomic E-state index is 13.3. The van der Waals surface area contributed by atoms with Crippen molar-refractivity contribution in [3.63, 3.8) is 0 Å². The molecule has 0 radical (unpaired) electrons. The van der Waals surface area contributed by atoms with Gasteiger partial charge in [-0.05, 0) is 48.1 Å². The number of amides is 1.